The molecule has 0 N–H and O–H groups in total. The summed E-state index contributed by atoms with van der Waals surface area (Å²) in [4.78, 5) is 17.6. The molecule has 0 aliphatic carbocycles. The number of thioether (sulfide) groups is 1. The fourth-order valence-corrected chi connectivity index (χ4v) is 3.22. The molecule has 3 rings (SSSR count). The second-order valence-corrected chi connectivity index (χ2v) is 6.26. The summed E-state index contributed by atoms with van der Waals surface area (Å²) in [6, 6.07) is 12.9. The lowest BCUT2D eigenvalue weighted by Gasteiger charge is -2.14. The molecule has 4 nitrogen and oxygen atoms in total. The Kier molecular flexibility index (Phi) is 4.22. The Morgan fingerprint density at radius 2 is 2.00 bits per heavy atom. The molecule has 3 aromatic rings. The standard InChI is InChI=1S/C16H13BrN2O2S/c1-21-14-6-4-3-5-13(14)19-15(20)11-9-10(17)7-8-12(11)18-16(19)22-2/h3-9H,1-2H3. The lowest BCUT2D eigenvalue weighted by Crippen LogP contribution is -2.22. The highest BCUT2D eigenvalue weighted by atomic mass is 79.9. The van der Waals surface area contributed by atoms with Crippen molar-refractivity contribution in [1.29, 1.82) is 0 Å². The maximum Gasteiger partial charge on any atom is 0.266 e. The molecule has 0 unspecified atom stereocenters. The molecule has 0 aliphatic rings. The molecule has 22 heavy (non-hydrogen) atoms. The lowest BCUT2D eigenvalue weighted by atomic mass is 10.2. The fraction of sp³-hybridized carbons (Fsp3) is 0.125. The fourth-order valence-electron chi connectivity index (χ4n) is 2.30. The molecule has 0 spiro atoms. The van der Waals surface area contributed by atoms with Crippen LogP contribution in [-0.2, 0) is 0 Å². The zero-order valence-corrected chi connectivity index (χ0v) is 14.4. The van der Waals surface area contributed by atoms with E-state index in [0.29, 0.717) is 27.5 Å². The molecule has 0 saturated heterocycles. The summed E-state index contributed by atoms with van der Waals surface area (Å²) in [5.74, 6) is 0.635. The molecule has 0 atom stereocenters. The second-order valence-electron chi connectivity index (χ2n) is 4.57. The number of ether oxygens (including phenoxy) is 1. The third-order valence-corrected chi connectivity index (χ3v) is 4.44. The van der Waals surface area contributed by atoms with Crippen LogP contribution in [0.15, 0.2) is 56.9 Å². The summed E-state index contributed by atoms with van der Waals surface area (Å²) in [5.41, 5.74) is 1.26. The van der Waals surface area contributed by atoms with Crippen LogP contribution in [-0.4, -0.2) is 22.9 Å². The number of methoxy groups -OCH3 is 1. The van der Waals surface area contributed by atoms with Crippen LogP contribution < -0.4 is 10.3 Å². The summed E-state index contributed by atoms with van der Waals surface area (Å²) in [6.45, 7) is 0. The Labute approximate surface area is 140 Å². The largest absolute Gasteiger partial charge is 0.495 e. The number of fused-ring (bicyclic) bond motifs is 1. The molecule has 0 amide bonds. The first kappa shape index (κ1) is 15.1. The summed E-state index contributed by atoms with van der Waals surface area (Å²) in [7, 11) is 1.59. The average Bonchev–Trinajstić information content (AvgIpc) is 2.55. The number of para-hydroxylation sites is 2. The Hall–Kier alpha value is -1.79. The number of aromatic nitrogens is 2. The van der Waals surface area contributed by atoms with Gasteiger partial charge in [0.25, 0.3) is 5.56 Å². The van der Waals surface area contributed by atoms with Crippen molar-refractivity contribution in [3.05, 3.63) is 57.3 Å². The van der Waals surface area contributed by atoms with Crippen LogP contribution in [0.2, 0.25) is 0 Å². The molecule has 0 bridgehead atoms. The van der Waals surface area contributed by atoms with Gasteiger partial charge in [0.05, 0.1) is 23.7 Å². The molecular formula is C16H13BrN2O2S. The molecule has 6 heteroatoms. The molecule has 0 radical (unpaired) electrons. The number of hydrogen-bond acceptors (Lipinski definition) is 4. The van der Waals surface area contributed by atoms with E-state index in [1.54, 1.807) is 17.7 Å². The maximum absolute atomic E-state index is 13.0. The Bertz CT molecular complexity index is 908. The average molecular weight is 377 g/mol. The SMILES string of the molecule is COc1ccccc1-n1c(SC)nc2ccc(Br)cc2c1=O. The lowest BCUT2D eigenvalue weighted by molar-refractivity contribution is 0.411. The van der Waals surface area contributed by atoms with E-state index < -0.39 is 0 Å². The Morgan fingerprint density at radius 3 is 2.73 bits per heavy atom. The van der Waals surface area contributed by atoms with Gasteiger partial charge in [-0.25, -0.2) is 4.98 Å². The van der Waals surface area contributed by atoms with Gasteiger partial charge in [0.15, 0.2) is 5.16 Å². The highest BCUT2D eigenvalue weighted by Gasteiger charge is 2.15. The summed E-state index contributed by atoms with van der Waals surface area (Å²) < 4.78 is 7.83. The molecule has 2 aromatic carbocycles. The van der Waals surface area contributed by atoms with Gasteiger partial charge in [-0.1, -0.05) is 39.8 Å². The minimum Gasteiger partial charge on any atom is -0.495 e. The highest BCUT2D eigenvalue weighted by molar-refractivity contribution is 9.10. The first-order chi connectivity index (χ1) is 10.7. The van der Waals surface area contributed by atoms with E-state index in [0.717, 1.165) is 4.47 Å². The Morgan fingerprint density at radius 1 is 1.23 bits per heavy atom. The summed E-state index contributed by atoms with van der Waals surface area (Å²) >= 11 is 4.83. The van der Waals surface area contributed by atoms with Crippen LogP contribution in [0.25, 0.3) is 16.6 Å². The zero-order chi connectivity index (χ0) is 15.7. The zero-order valence-electron chi connectivity index (χ0n) is 12.0. The van der Waals surface area contributed by atoms with E-state index in [2.05, 4.69) is 20.9 Å². The van der Waals surface area contributed by atoms with Gasteiger partial charge in [-0.3, -0.25) is 9.36 Å². The number of nitrogens with zero attached hydrogens (tertiary/aromatic N) is 2. The monoisotopic (exact) mass is 376 g/mol. The quantitative estimate of drug-likeness (QED) is 0.513. The first-order valence-corrected chi connectivity index (χ1v) is 8.57. The molecule has 1 aromatic heterocycles. The van der Waals surface area contributed by atoms with E-state index in [1.807, 2.05) is 42.7 Å². The van der Waals surface area contributed by atoms with E-state index >= 15 is 0 Å². The van der Waals surface area contributed by atoms with Crippen molar-refractivity contribution >= 4 is 38.6 Å². The van der Waals surface area contributed by atoms with Crippen LogP contribution in [0.4, 0.5) is 0 Å². The maximum atomic E-state index is 13.0. The molecule has 0 fully saturated rings. The predicted molar refractivity (Wildman–Crippen MR) is 93.4 cm³/mol. The van der Waals surface area contributed by atoms with Crippen LogP contribution in [0.5, 0.6) is 5.75 Å². The topological polar surface area (TPSA) is 44.1 Å². The van der Waals surface area contributed by atoms with E-state index in [-0.39, 0.29) is 5.56 Å². The van der Waals surface area contributed by atoms with Crippen molar-refractivity contribution in [1.82, 2.24) is 9.55 Å². The van der Waals surface area contributed by atoms with Gasteiger partial charge in [0.1, 0.15) is 5.75 Å². The van der Waals surface area contributed by atoms with Gasteiger partial charge in [0, 0.05) is 4.47 Å². The van der Waals surface area contributed by atoms with Crippen molar-refractivity contribution in [3.63, 3.8) is 0 Å². The van der Waals surface area contributed by atoms with Gasteiger partial charge < -0.3 is 4.74 Å². The van der Waals surface area contributed by atoms with E-state index in [9.17, 15) is 4.79 Å². The van der Waals surface area contributed by atoms with Crippen molar-refractivity contribution < 1.29 is 4.74 Å². The Balaban J connectivity index is 2.42. The molecule has 0 saturated carbocycles. The van der Waals surface area contributed by atoms with Crippen LogP contribution in [0.1, 0.15) is 0 Å². The van der Waals surface area contributed by atoms with Gasteiger partial charge in [-0.05, 0) is 36.6 Å². The molecule has 112 valence electrons. The van der Waals surface area contributed by atoms with Gasteiger partial charge in [0.2, 0.25) is 0 Å². The van der Waals surface area contributed by atoms with Crippen LogP contribution in [0, 0.1) is 0 Å². The predicted octanol–water partition coefficient (Wildman–Crippen LogP) is 3.88. The van der Waals surface area contributed by atoms with E-state index in [4.69, 9.17) is 4.74 Å². The minimum atomic E-state index is -0.111. The number of hydrogen-bond donors (Lipinski definition) is 0. The molecular weight excluding hydrogens is 364 g/mol. The van der Waals surface area contributed by atoms with Gasteiger partial charge in [-0.2, -0.15) is 0 Å². The summed E-state index contributed by atoms with van der Waals surface area (Å²) in [6.07, 6.45) is 1.90. The van der Waals surface area contributed by atoms with Gasteiger partial charge >= 0.3 is 0 Å². The van der Waals surface area contributed by atoms with Gasteiger partial charge in [-0.15, -0.1) is 0 Å². The molecule has 0 aliphatic heterocycles. The molecule has 1 heterocycles. The number of benzene rings is 2. The minimum absolute atomic E-state index is 0.111. The van der Waals surface area contributed by atoms with Crippen molar-refractivity contribution in [2.24, 2.45) is 0 Å². The highest BCUT2D eigenvalue weighted by Crippen LogP contribution is 2.26. The van der Waals surface area contributed by atoms with Crippen molar-refractivity contribution in [3.8, 4) is 11.4 Å². The smallest absolute Gasteiger partial charge is 0.266 e. The third-order valence-electron chi connectivity index (χ3n) is 3.31. The second kappa shape index (κ2) is 6.14. The number of halogens is 1. The first-order valence-electron chi connectivity index (χ1n) is 6.55. The third kappa shape index (κ3) is 2.53. The van der Waals surface area contributed by atoms with Crippen molar-refractivity contribution in [2.75, 3.05) is 13.4 Å². The van der Waals surface area contributed by atoms with Crippen LogP contribution >= 0.6 is 27.7 Å². The normalized spacial score (nSPS) is 10.9. The van der Waals surface area contributed by atoms with Crippen LogP contribution in [0.3, 0.4) is 0 Å². The van der Waals surface area contributed by atoms with E-state index in [1.165, 1.54) is 11.8 Å². The van der Waals surface area contributed by atoms with Crippen molar-refractivity contribution in [2.45, 2.75) is 5.16 Å². The number of rotatable bonds is 3. The summed E-state index contributed by atoms with van der Waals surface area (Å²) in [5, 5.41) is 1.20.